The van der Waals surface area contributed by atoms with Crippen molar-refractivity contribution in [3.8, 4) is 0 Å². The van der Waals surface area contributed by atoms with Gasteiger partial charge < -0.3 is 21.2 Å². The molecule has 0 aromatic heterocycles. The molecule has 1 aliphatic heterocycles. The number of oxime groups is 1. The van der Waals surface area contributed by atoms with Gasteiger partial charge in [-0.2, -0.15) is 0 Å². The Kier molecular flexibility index (Phi) is 4.94. The Bertz CT molecular complexity index is 348. The van der Waals surface area contributed by atoms with Crippen molar-refractivity contribution in [1.82, 2.24) is 10.2 Å². The van der Waals surface area contributed by atoms with Gasteiger partial charge in [0.15, 0.2) is 5.84 Å². The van der Waals surface area contributed by atoms with E-state index in [1.165, 1.54) is 0 Å². The second-order valence-electron chi connectivity index (χ2n) is 4.46. The number of nitrogens with one attached hydrogen (secondary N) is 1. The molecule has 1 aliphatic rings. The first kappa shape index (κ1) is 14.3. The monoisotopic (exact) mass is 256 g/mol. The predicted octanol–water partition coefficient (Wildman–Crippen LogP) is -0.646. The number of carbonyl (C=O) groups excluding carboxylic acids is 2. The van der Waals surface area contributed by atoms with Crippen LogP contribution in [0.25, 0.3) is 0 Å². The maximum absolute atomic E-state index is 12.0. The summed E-state index contributed by atoms with van der Waals surface area (Å²) in [6.07, 6.45) is 1.29. The molecule has 1 unspecified atom stereocenters. The number of rotatable bonds is 3. The fraction of sp³-hybridized carbons (Fsp3) is 0.727. The SMILES string of the molecule is CNC(=O)C1CCN(C(=O)C(C)C(N)=NO)CC1. The van der Waals surface area contributed by atoms with Gasteiger partial charge >= 0.3 is 0 Å². The van der Waals surface area contributed by atoms with E-state index in [4.69, 9.17) is 10.9 Å². The van der Waals surface area contributed by atoms with E-state index in [2.05, 4.69) is 10.5 Å². The lowest BCUT2D eigenvalue weighted by Crippen LogP contribution is -2.46. The maximum Gasteiger partial charge on any atom is 0.233 e. The average molecular weight is 256 g/mol. The average Bonchev–Trinajstić information content (AvgIpc) is 2.44. The fourth-order valence-corrected chi connectivity index (χ4v) is 2.05. The van der Waals surface area contributed by atoms with Crippen LogP contribution in [-0.2, 0) is 9.59 Å². The zero-order chi connectivity index (χ0) is 13.7. The maximum atomic E-state index is 12.0. The molecule has 1 saturated heterocycles. The van der Waals surface area contributed by atoms with Gasteiger partial charge in [0.2, 0.25) is 11.8 Å². The molecule has 0 aliphatic carbocycles. The molecule has 1 heterocycles. The van der Waals surface area contributed by atoms with E-state index >= 15 is 0 Å². The molecular weight excluding hydrogens is 236 g/mol. The van der Waals surface area contributed by atoms with Gasteiger partial charge in [-0.3, -0.25) is 9.59 Å². The van der Waals surface area contributed by atoms with Crippen molar-refractivity contribution >= 4 is 17.6 Å². The lowest BCUT2D eigenvalue weighted by molar-refractivity contribution is -0.136. The summed E-state index contributed by atoms with van der Waals surface area (Å²) in [7, 11) is 1.61. The van der Waals surface area contributed by atoms with Gasteiger partial charge in [0.25, 0.3) is 0 Å². The van der Waals surface area contributed by atoms with E-state index in [9.17, 15) is 9.59 Å². The topological polar surface area (TPSA) is 108 Å². The quantitative estimate of drug-likeness (QED) is 0.270. The van der Waals surface area contributed by atoms with Crippen molar-refractivity contribution in [2.24, 2.45) is 22.7 Å². The second kappa shape index (κ2) is 6.23. The highest BCUT2D eigenvalue weighted by molar-refractivity contribution is 6.01. The van der Waals surface area contributed by atoms with Gasteiger partial charge in [-0.15, -0.1) is 0 Å². The van der Waals surface area contributed by atoms with Crippen molar-refractivity contribution in [2.45, 2.75) is 19.8 Å². The summed E-state index contributed by atoms with van der Waals surface area (Å²) in [6.45, 7) is 2.65. The third-order valence-corrected chi connectivity index (χ3v) is 3.35. The standard InChI is InChI=1S/C11H20N4O3/c1-7(9(12)14-18)11(17)15-5-3-8(4-6-15)10(16)13-2/h7-8,18H,3-6H2,1-2H3,(H2,12,14)(H,13,16). The molecule has 0 saturated carbocycles. The molecule has 0 spiro atoms. The number of nitrogens with two attached hydrogens (primary N) is 1. The van der Waals surface area contributed by atoms with Crippen molar-refractivity contribution in [3.05, 3.63) is 0 Å². The van der Waals surface area contributed by atoms with E-state index in [1.807, 2.05) is 0 Å². The van der Waals surface area contributed by atoms with Crippen LogP contribution >= 0.6 is 0 Å². The number of hydrogen-bond acceptors (Lipinski definition) is 4. The minimum Gasteiger partial charge on any atom is -0.409 e. The molecule has 7 heteroatoms. The summed E-state index contributed by atoms with van der Waals surface area (Å²) < 4.78 is 0. The van der Waals surface area contributed by atoms with Gasteiger partial charge in [-0.1, -0.05) is 5.16 Å². The van der Waals surface area contributed by atoms with Crippen LogP contribution in [0.3, 0.4) is 0 Å². The molecule has 0 bridgehead atoms. The van der Waals surface area contributed by atoms with Crippen LogP contribution in [0.1, 0.15) is 19.8 Å². The van der Waals surface area contributed by atoms with Crippen LogP contribution in [0.5, 0.6) is 0 Å². The molecule has 18 heavy (non-hydrogen) atoms. The van der Waals surface area contributed by atoms with Crippen molar-refractivity contribution in [1.29, 1.82) is 0 Å². The Hall–Kier alpha value is -1.79. The van der Waals surface area contributed by atoms with E-state index < -0.39 is 5.92 Å². The lowest BCUT2D eigenvalue weighted by atomic mass is 9.95. The van der Waals surface area contributed by atoms with Gasteiger partial charge in [-0.25, -0.2) is 0 Å². The number of nitrogens with zero attached hydrogens (tertiary/aromatic N) is 2. The first-order valence-electron chi connectivity index (χ1n) is 5.99. The molecule has 1 fully saturated rings. The predicted molar refractivity (Wildman–Crippen MR) is 65.9 cm³/mol. The molecular formula is C11H20N4O3. The minimum atomic E-state index is -0.633. The first-order valence-corrected chi connectivity index (χ1v) is 5.99. The van der Waals surface area contributed by atoms with Gasteiger partial charge in [0.1, 0.15) is 0 Å². The van der Waals surface area contributed by atoms with Gasteiger partial charge in [0, 0.05) is 26.1 Å². The van der Waals surface area contributed by atoms with Crippen LogP contribution < -0.4 is 11.1 Å². The Morgan fingerprint density at radius 3 is 2.44 bits per heavy atom. The normalized spacial score (nSPS) is 19.4. The van der Waals surface area contributed by atoms with Crippen molar-refractivity contribution in [3.63, 3.8) is 0 Å². The first-order chi connectivity index (χ1) is 8.51. The van der Waals surface area contributed by atoms with Crippen molar-refractivity contribution < 1.29 is 14.8 Å². The highest BCUT2D eigenvalue weighted by Crippen LogP contribution is 2.18. The number of piperidine rings is 1. The number of amides is 2. The minimum absolute atomic E-state index is 0.0200. The van der Waals surface area contributed by atoms with Crippen molar-refractivity contribution in [2.75, 3.05) is 20.1 Å². The Morgan fingerprint density at radius 1 is 1.44 bits per heavy atom. The summed E-state index contributed by atoms with van der Waals surface area (Å²) in [5.74, 6) is -0.898. The summed E-state index contributed by atoms with van der Waals surface area (Å²) in [5, 5.41) is 14.0. The second-order valence-corrected chi connectivity index (χ2v) is 4.46. The van der Waals surface area contributed by atoms with Crippen LogP contribution in [0.4, 0.5) is 0 Å². The molecule has 0 radical (unpaired) electrons. The highest BCUT2D eigenvalue weighted by Gasteiger charge is 2.30. The Balaban J connectivity index is 2.53. The summed E-state index contributed by atoms with van der Waals surface area (Å²) in [5.41, 5.74) is 5.41. The van der Waals surface area contributed by atoms with Crippen LogP contribution in [0, 0.1) is 11.8 Å². The number of amidine groups is 1. The highest BCUT2D eigenvalue weighted by atomic mass is 16.4. The van der Waals surface area contributed by atoms with Gasteiger partial charge in [0.05, 0.1) is 5.92 Å². The van der Waals surface area contributed by atoms with E-state index in [0.717, 1.165) is 0 Å². The van der Waals surface area contributed by atoms with Crippen LogP contribution in [0.15, 0.2) is 5.16 Å². The Morgan fingerprint density at radius 2 is 2.00 bits per heavy atom. The number of likely N-dealkylation sites (tertiary alicyclic amines) is 1. The smallest absolute Gasteiger partial charge is 0.233 e. The van der Waals surface area contributed by atoms with Gasteiger partial charge in [-0.05, 0) is 19.8 Å². The molecule has 102 valence electrons. The molecule has 0 aromatic rings. The number of hydrogen-bond donors (Lipinski definition) is 3. The zero-order valence-corrected chi connectivity index (χ0v) is 10.7. The third-order valence-electron chi connectivity index (χ3n) is 3.35. The zero-order valence-electron chi connectivity index (χ0n) is 10.7. The fourth-order valence-electron chi connectivity index (χ4n) is 2.05. The summed E-state index contributed by atoms with van der Waals surface area (Å²) >= 11 is 0. The largest absolute Gasteiger partial charge is 0.409 e. The number of carbonyl (C=O) groups is 2. The molecule has 7 nitrogen and oxygen atoms in total. The van der Waals surface area contributed by atoms with E-state index in [1.54, 1.807) is 18.9 Å². The molecule has 1 rings (SSSR count). The van der Waals surface area contributed by atoms with E-state index in [-0.39, 0.29) is 23.6 Å². The lowest BCUT2D eigenvalue weighted by Gasteiger charge is -2.32. The van der Waals surface area contributed by atoms with Crippen LogP contribution in [0.2, 0.25) is 0 Å². The summed E-state index contributed by atoms with van der Waals surface area (Å²) in [6, 6.07) is 0. The van der Waals surface area contributed by atoms with E-state index in [0.29, 0.717) is 25.9 Å². The molecule has 0 aromatic carbocycles. The Labute approximate surface area is 106 Å². The molecule has 2 amide bonds. The third kappa shape index (κ3) is 3.12. The molecule has 1 atom stereocenters. The summed E-state index contributed by atoms with van der Waals surface area (Å²) in [4.78, 5) is 25.1. The molecule has 4 N–H and O–H groups in total. The van der Waals surface area contributed by atoms with Crippen LogP contribution in [-0.4, -0.2) is 47.9 Å².